The van der Waals surface area contributed by atoms with E-state index in [0.717, 1.165) is 6.07 Å². The molecule has 0 aliphatic carbocycles. The Balaban J connectivity index is 3.54. The number of hydrogen-bond acceptors (Lipinski definition) is 2. The molecule has 76 valence electrons. The minimum absolute atomic E-state index is 0.187. The average molecular weight is 216 g/mol. The highest BCUT2D eigenvalue weighted by Crippen LogP contribution is 2.37. The van der Waals surface area contributed by atoms with Gasteiger partial charge in [0.25, 0.3) is 0 Å². The second kappa shape index (κ2) is 3.54. The molecule has 14 heavy (non-hydrogen) atoms. The molecule has 1 aromatic carbocycles. The van der Waals surface area contributed by atoms with Crippen molar-refractivity contribution in [3.63, 3.8) is 0 Å². The van der Waals surface area contributed by atoms with Gasteiger partial charge in [0, 0.05) is 0 Å². The maximum atomic E-state index is 13.3. The van der Waals surface area contributed by atoms with Gasteiger partial charge in [0.1, 0.15) is 13.0 Å². The molecule has 0 aliphatic rings. The molecule has 1 aromatic rings. The Kier molecular flexibility index (Phi) is 2.76. The molecule has 0 aromatic heterocycles. The first kappa shape index (κ1) is 10.9. The summed E-state index contributed by atoms with van der Waals surface area (Å²) in [6, 6.07) is 3.65. The van der Waals surface area contributed by atoms with Gasteiger partial charge in [-0.25, -0.2) is 9.18 Å². The fourth-order valence-electron chi connectivity index (χ4n) is 1.24. The highest BCUT2D eigenvalue weighted by atomic mass is 31.2. The van der Waals surface area contributed by atoms with Crippen molar-refractivity contribution in [1.29, 1.82) is 0 Å². The van der Waals surface area contributed by atoms with Crippen LogP contribution in [-0.4, -0.2) is 24.4 Å². The van der Waals surface area contributed by atoms with Gasteiger partial charge in [-0.15, -0.1) is 0 Å². The molecule has 0 saturated heterocycles. The summed E-state index contributed by atoms with van der Waals surface area (Å²) < 4.78 is 24.9. The summed E-state index contributed by atoms with van der Waals surface area (Å²) in [7, 11) is -2.90. The smallest absolute Gasteiger partial charge is 0.336 e. The standard InChI is InChI=1S/C9H10FO3P/c1-14(2,13)8-6(9(11)12)4-3-5-7(8)10/h3-5H,1-2H3,(H,11,12). The van der Waals surface area contributed by atoms with E-state index < -0.39 is 18.9 Å². The average Bonchev–Trinajstić information content (AvgIpc) is 2.01. The van der Waals surface area contributed by atoms with Gasteiger partial charge in [-0.05, 0) is 25.5 Å². The largest absolute Gasteiger partial charge is 0.478 e. The topological polar surface area (TPSA) is 54.4 Å². The summed E-state index contributed by atoms with van der Waals surface area (Å²) in [4.78, 5) is 10.7. The second-order valence-electron chi connectivity index (χ2n) is 3.29. The predicted octanol–water partition coefficient (Wildman–Crippen LogP) is 1.77. The van der Waals surface area contributed by atoms with Crippen molar-refractivity contribution < 1.29 is 18.9 Å². The van der Waals surface area contributed by atoms with E-state index in [1.807, 2.05) is 0 Å². The van der Waals surface area contributed by atoms with Crippen molar-refractivity contribution in [2.24, 2.45) is 0 Å². The molecule has 5 heteroatoms. The van der Waals surface area contributed by atoms with Crippen LogP contribution in [0.1, 0.15) is 10.4 Å². The molecular formula is C9H10FO3P. The number of carboxylic acids is 1. The van der Waals surface area contributed by atoms with E-state index in [9.17, 15) is 13.8 Å². The maximum Gasteiger partial charge on any atom is 0.336 e. The lowest BCUT2D eigenvalue weighted by molar-refractivity contribution is 0.0698. The van der Waals surface area contributed by atoms with Crippen molar-refractivity contribution >= 4 is 18.4 Å². The summed E-state index contributed by atoms with van der Waals surface area (Å²) in [5, 5.41) is 8.58. The molecule has 0 bridgehead atoms. The minimum Gasteiger partial charge on any atom is -0.478 e. The van der Waals surface area contributed by atoms with Crippen LogP contribution in [0, 0.1) is 5.82 Å². The Morgan fingerprint density at radius 2 is 2.00 bits per heavy atom. The SMILES string of the molecule is CP(C)(=O)c1c(F)cccc1C(=O)O. The van der Waals surface area contributed by atoms with E-state index >= 15 is 0 Å². The van der Waals surface area contributed by atoms with E-state index in [1.54, 1.807) is 0 Å². The number of benzene rings is 1. The molecule has 0 saturated carbocycles. The molecule has 3 nitrogen and oxygen atoms in total. The van der Waals surface area contributed by atoms with Crippen molar-refractivity contribution in [3.8, 4) is 0 Å². The van der Waals surface area contributed by atoms with E-state index in [4.69, 9.17) is 5.11 Å². The van der Waals surface area contributed by atoms with Crippen molar-refractivity contribution in [2.75, 3.05) is 13.3 Å². The summed E-state index contributed by atoms with van der Waals surface area (Å²) in [5.74, 6) is -1.98. The molecule has 1 rings (SSSR count). The van der Waals surface area contributed by atoms with Gasteiger partial charge in [0.05, 0.1) is 10.9 Å². The number of halogens is 1. The van der Waals surface area contributed by atoms with Crippen LogP contribution in [-0.2, 0) is 4.57 Å². The molecule has 0 spiro atoms. The molecule has 0 unspecified atom stereocenters. The zero-order valence-corrected chi connectivity index (χ0v) is 8.72. The van der Waals surface area contributed by atoms with Gasteiger partial charge in [-0.3, -0.25) is 0 Å². The Bertz CT molecular complexity index is 422. The first-order valence-electron chi connectivity index (χ1n) is 3.91. The zero-order chi connectivity index (χ0) is 10.9. The summed E-state index contributed by atoms with van der Waals surface area (Å²) in [6.45, 7) is 2.69. The molecule has 0 atom stereocenters. The lowest BCUT2D eigenvalue weighted by Crippen LogP contribution is -2.18. The monoisotopic (exact) mass is 216 g/mol. The normalized spacial score (nSPS) is 11.4. The van der Waals surface area contributed by atoms with Crippen molar-refractivity contribution in [2.45, 2.75) is 0 Å². The third kappa shape index (κ3) is 2.02. The highest BCUT2D eigenvalue weighted by molar-refractivity contribution is 7.70. The van der Waals surface area contributed by atoms with Gasteiger partial charge in [0.2, 0.25) is 0 Å². The Labute approximate surface area is 80.9 Å². The number of carboxylic acid groups (broad SMARTS) is 1. The number of carbonyl (C=O) groups is 1. The molecule has 0 radical (unpaired) electrons. The Hall–Kier alpha value is -1.15. The van der Waals surface area contributed by atoms with Crippen LogP contribution >= 0.6 is 7.14 Å². The maximum absolute atomic E-state index is 13.3. The highest BCUT2D eigenvalue weighted by Gasteiger charge is 2.23. The van der Waals surface area contributed by atoms with Crippen LogP contribution < -0.4 is 5.30 Å². The van der Waals surface area contributed by atoms with Gasteiger partial charge in [-0.1, -0.05) is 6.07 Å². The zero-order valence-electron chi connectivity index (χ0n) is 7.82. The van der Waals surface area contributed by atoms with Gasteiger partial charge < -0.3 is 9.67 Å². The van der Waals surface area contributed by atoms with Crippen molar-refractivity contribution in [3.05, 3.63) is 29.6 Å². The van der Waals surface area contributed by atoms with Crippen LogP contribution in [0.3, 0.4) is 0 Å². The predicted molar refractivity (Wildman–Crippen MR) is 52.4 cm³/mol. The van der Waals surface area contributed by atoms with Gasteiger partial charge in [-0.2, -0.15) is 0 Å². The van der Waals surface area contributed by atoms with Gasteiger partial charge in [0.15, 0.2) is 0 Å². The summed E-state index contributed by atoms with van der Waals surface area (Å²) in [6.07, 6.45) is 0. The van der Waals surface area contributed by atoms with E-state index in [2.05, 4.69) is 0 Å². The van der Waals surface area contributed by atoms with Crippen LogP contribution in [0.15, 0.2) is 18.2 Å². The molecule has 0 fully saturated rings. The number of hydrogen-bond donors (Lipinski definition) is 1. The molecule has 0 amide bonds. The first-order valence-corrected chi connectivity index (χ1v) is 6.51. The quantitative estimate of drug-likeness (QED) is 0.766. The van der Waals surface area contributed by atoms with E-state index in [1.165, 1.54) is 25.5 Å². The lowest BCUT2D eigenvalue weighted by atomic mass is 10.2. The van der Waals surface area contributed by atoms with Crippen molar-refractivity contribution in [1.82, 2.24) is 0 Å². The second-order valence-corrected chi connectivity index (χ2v) is 6.44. The molecule has 1 N–H and O–H groups in total. The van der Waals surface area contributed by atoms with Crippen LogP contribution in [0.5, 0.6) is 0 Å². The van der Waals surface area contributed by atoms with E-state index in [-0.39, 0.29) is 10.9 Å². The fraction of sp³-hybridized carbons (Fsp3) is 0.222. The lowest BCUT2D eigenvalue weighted by Gasteiger charge is -2.11. The summed E-state index contributed by atoms with van der Waals surface area (Å²) >= 11 is 0. The van der Waals surface area contributed by atoms with E-state index in [0.29, 0.717) is 0 Å². The number of aromatic carboxylic acids is 1. The van der Waals surface area contributed by atoms with Crippen LogP contribution in [0.25, 0.3) is 0 Å². The minimum atomic E-state index is -2.90. The number of rotatable bonds is 2. The van der Waals surface area contributed by atoms with Crippen LogP contribution in [0.2, 0.25) is 0 Å². The third-order valence-electron chi connectivity index (χ3n) is 1.76. The third-order valence-corrected chi connectivity index (χ3v) is 3.29. The molecule has 0 aliphatic heterocycles. The summed E-state index contributed by atoms with van der Waals surface area (Å²) in [5.41, 5.74) is -0.224. The van der Waals surface area contributed by atoms with Crippen LogP contribution in [0.4, 0.5) is 4.39 Å². The molecular weight excluding hydrogens is 206 g/mol. The first-order chi connectivity index (χ1) is 6.34. The van der Waals surface area contributed by atoms with Gasteiger partial charge >= 0.3 is 5.97 Å². The Morgan fingerprint density at radius 1 is 1.43 bits per heavy atom. The molecule has 0 heterocycles. The fourth-order valence-corrected chi connectivity index (χ4v) is 2.57. The Morgan fingerprint density at radius 3 is 2.36 bits per heavy atom.